The van der Waals surface area contributed by atoms with Crippen molar-refractivity contribution in [2.75, 3.05) is 18.5 Å². The molecule has 2 N–H and O–H groups in total. The Morgan fingerprint density at radius 3 is 2.67 bits per heavy atom. The fraction of sp³-hybridized carbons (Fsp3) is 0.111. The van der Waals surface area contributed by atoms with Crippen molar-refractivity contribution in [1.29, 1.82) is 0 Å². The molecule has 1 aliphatic rings. The number of fused-ring (bicyclic) bond motifs is 3. The van der Waals surface area contributed by atoms with Gasteiger partial charge in [-0.15, -0.1) is 11.3 Å². The molecule has 0 radical (unpaired) electrons. The summed E-state index contributed by atoms with van der Waals surface area (Å²) in [7, 11) is 0. The molecule has 3 aromatic rings. The molecular weight excluding hydrogens is 324 g/mol. The van der Waals surface area contributed by atoms with E-state index in [1.54, 1.807) is 11.3 Å². The van der Waals surface area contributed by atoms with Crippen LogP contribution in [0.15, 0.2) is 54.2 Å². The maximum Gasteiger partial charge on any atom is 0.277 e. The lowest BCUT2D eigenvalue weighted by Gasteiger charge is -2.13. The van der Waals surface area contributed by atoms with Crippen molar-refractivity contribution in [3.63, 3.8) is 0 Å². The maximum absolute atomic E-state index is 12.2. The van der Waals surface area contributed by atoms with Crippen molar-refractivity contribution in [3.8, 4) is 0 Å². The quantitative estimate of drug-likeness (QED) is 0.718. The molecule has 0 spiro atoms. The molecule has 0 saturated carbocycles. The van der Waals surface area contributed by atoms with E-state index < -0.39 is 11.8 Å². The number of thiophene rings is 1. The molecule has 0 unspecified atom stereocenters. The first-order valence-corrected chi connectivity index (χ1v) is 8.36. The van der Waals surface area contributed by atoms with Crippen LogP contribution in [0.25, 0.3) is 20.2 Å². The van der Waals surface area contributed by atoms with Gasteiger partial charge in [-0.05, 0) is 18.2 Å². The number of β-amino-alcohol motifs (C(OH)–C–C–N with tert-alkyl or cyclic N) is 1. The van der Waals surface area contributed by atoms with E-state index in [0.717, 1.165) is 15.3 Å². The molecule has 2 amide bonds. The Morgan fingerprint density at radius 2 is 1.83 bits per heavy atom. The van der Waals surface area contributed by atoms with Crippen LogP contribution >= 0.6 is 11.3 Å². The van der Waals surface area contributed by atoms with Crippen LogP contribution in [0.5, 0.6) is 0 Å². The summed E-state index contributed by atoms with van der Waals surface area (Å²) in [5.41, 5.74) is 0.987. The summed E-state index contributed by atoms with van der Waals surface area (Å²) in [5.74, 6) is -0.815. The molecule has 5 nitrogen and oxygen atoms in total. The fourth-order valence-electron chi connectivity index (χ4n) is 2.87. The SMILES string of the molecule is O=C1C=C(Nc2ccc3c(c2)sc2ccccc23)C(=O)N1CCO. The number of hydrogen-bond acceptors (Lipinski definition) is 5. The van der Waals surface area contributed by atoms with Gasteiger partial charge >= 0.3 is 0 Å². The second-order valence-corrected chi connectivity index (χ2v) is 6.59. The van der Waals surface area contributed by atoms with Crippen LogP contribution in [0.1, 0.15) is 0 Å². The van der Waals surface area contributed by atoms with Gasteiger partial charge in [0.2, 0.25) is 0 Å². The number of amides is 2. The van der Waals surface area contributed by atoms with E-state index in [1.807, 2.05) is 30.3 Å². The highest BCUT2D eigenvalue weighted by Crippen LogP contribution is 2.35. The van der Waals surface area contributed by atoms with Gasteiger partial charge in [0.1, 0.15) is 5.70 Å². The van der Waals surface area contributed by atoms with Crippen LogP contribution in [0.3, 0.4) is 0 Å². The second kappa shape index (κ2) is 5.74. The van der Waals surface area contributed by atoms with Gasteiger partial charge in [-0.2, -0.15) is 0 Å². The average Bonchev–Trinajstić information content (AvgIpc) is 3.07. The second-order valence-electron chi connectivity index (χ2n) is 5.51. The molecule has 0 aliphatic carbocycles. The Balaban J connectivity index is 1.66. The minimum Gasteiger partial charge on any atom is -0.395 e. The number of rotatable bonds is 4. The fourth-order valence-corrected chi connectivity index (χ4v) is 4.01. The number of imide groups is 1. The highest BCUT2D eigenvalue weighted by molar-refractivity contribution is 7.25. The molecule has 1 aliphatic heterocycles. The molecule has 0 saturated heterocycles. The normalized spacial score (nSPS) is 14.7. The van der Waals surface area contributed by atoms with Gasteiger partial charge in [-0.25, -0.2) is 0 Å². The van der Waals surface area contributed by atoms with Crippen LogP contribution in [0, 0.1) is 0 Å². The first kappa shape index (κ1) is 14.9. The Kier molecular flexibility index (Phi) is 3.55. The highest BCUT2D eigenvalue weighted by Gasteiger charge is 2.30. The zero-order valence-electron chi connectivity index (χ0n) is 12.7. The monoisotopic (exact) mass is 338 g/mol. The smallest absolute Gasteiger partial charge is 0.277 e. The van der Waals surface area contributed by atoms with Gasteiger partial charge in [-0.1, -0.05) is 24.3 Å². The lowest BCUT2D eigenvalue weighted by Crippen LogP contribution is -2.34. The Hall–Kier alpha value is -2.70. The number of aliphatic hydroxyl groups excluding tert-OH is 1. The van der Waals surface area contributed by atoms with Gasteiger partial charge in [0, 0.05) is 31.9 Å². The third-order valence-electron chi connectivity index (χ3n) is 3.99. The molecule has 2 heterocycles. The molecule has 120 valence electrons. The maximum atomic E-state index is 12.2. The summed E-state index contributed by atoms with van der Waals surface area (Å²) >= 11 is 1.69. The molecule has 2 aromatic carbocycles. The molecule has 0 atom stereocenters. The van der Waals surface area contributed by atoms with E-state index >= 15 is 0 Å². The van der Waals surface area contributed by atoms with Crippen LogP contribution in [-0.2, 0) is 9.59 Å². The van der Waals surface area contributed by atoms with E-state index in [-0.39, 0.29) is 18.8 Å². The van der Waals surface area contributed by atoms with Crippen molar-refractivity contribution in [1.82, 2.24) is 4.90 Å². The van der Waals surface area contributed by atoms with Gasteiger partial charge in [0.05, 0.1) is 13.2 Å². The Labute approximate surface area is 141 Å². The molecular formula is C18H14N2O3S. The highest BCUT2D eigenvalue weighted by atomic mass is 32.1. The van der Waals surface area contributed by atoms with Crippen molar-refractivity contribution in [2.24, 2.45) is 0 Å². The topological polar surface area (TPSA) is 69.6 Å². The van der Waals surface area contributed by atoms with Crippen LogP contribution in [0.4, 0.5) is 5.69 Å². The zero-order chi connectivity index (χ0) is 16.7. The van der Waals surface area contributed by atoms with Crippen molar-refractivity contribution < 1.29 is 14.7 Å². The van der Waals surface area contributed by atoms with Crippen LogP contribution in [-0.4, -0.2) is 35.0 Å². The third kappa shape index (κ3) is 2.36. The summed E-state index contributed by atoms with van der Waals surface area (Å²) in [6.07, 6.45) is 1.27. The van der Waals surface area contributed by atoms with Gasteiger partial charge in [-0.3, -0.25) is 14.5 Å². The van der Waals surface area contributed by atoms with E-state index in [2.05, 4.69) is 17.4 Å². The first-order valence-electron chi connectivity index (χ1n) is 7.54. The van der Waals surface area contributed by atoms with Crippen LogP contribution < -0.4 is 5.32 Å². The lowest BCUT2D eigenvalue weighted by molar-refractivity contribution is -0.137. The van der Waals surface area contributed by atoms with E-state index in [1.165, 1.54) is 21.5 Å². The largest absolute Gasteiger partial charge is 0.395 e. The van der Waals surface area contributed by atoms with E-state index in [4.69, 9.17) is 5.11 Å². The Morgan fingerprint density at radius 1 is 1.04 bits per heavy atom. The predicted molar refractivity (Wildman–Crippen MR) is 94.8 cm³/mol. The van der Waals surface area contributed by atoms with Crippen molar-refractivity contribution in [2.45, 2.75) is 0 Å². The third-order valence-corrected chi connectivity index (χ3v) is 5.12. The molecule has 6 heteroatoms. The number of carbonyl (C=O) groups is 2. The summed E-state index contributed by atoms with van der Waals surface area (Å²) in [5, 5.41) is 14.3. The molecule has 24 heavy (non-hydrogen) atoms. The summed E-state index contributed by atoms with van der Waals surface area (Å²) in [4.78, 5) is 25.0. The van der Waals surface area contributed by atoms with Gasteiger partial charge in [0.15, 0.2) is 0 Å². The first-order chi connectivity index (χ1) is 11.7. The molecule has 4 rings (SSSR count). The molecule has 0 fully saturated rings. The summed E-state index contributed by atoms with van der Waals surface area (Å²) in [6.45, 7) is -0.235. The van der Waals surface area contributed by atoms with Crippen molar-refractivity contribution in [3.05, 3.63) is 54.2 Å². The molecule has 1 aromatic heterocycles. The van der Waals surface area contributed by atoms with Crippen LogP contribution in [0.2, 0.25) is 0 Å². The number of carbonyl (C=O) groups excluding carboxylic acids is 2. The number of hydrogen-bond donors (Lipinski definition) is 2. The van der Waals surface area contributed by atoms with Gasteiger partial charge in [0.25, 0.3) is 11.8 Å². The number of aliphatic hydroxyl groups is 1. The van der Waals surface area contributed by atoms with E-state index in [9.17, 15) is 9.59 Å². The summed E-state index contributed by atoms with van der Waals surface area (Å²) in [6, 6.07) is 14.1. The molecule has 0 bridgehead atoms. The average molecular weight is 338 g/mol. The lowest BCUT2D eigenvalue weighted by atomic mass is 10.1. The number of nitrogens with zero attached hydrogens (tertiary/aromatic N) is 1. The van der Waals surface area contributed by atoms with Gasteiger partial charge < -0.3 is 10.4 Å². The zero-order valence-corrected chi connectivity index (χ0v) is 13.5. The number of anilines is 1. The summed E-state index contributed by atoms with van der Waals surface area (Å²) < 4.78 is 2.33. The number of benzene rings is 2. The predicted octanol–water partition coefficient (Wildman–Crippen LogP) is 2.71. The van der Waals surface area contributed by atoms with Crippen molar-refractivity contribution >= 4 is 49.0 Å². The number of nitrogens with one attached hydrogen (secondary N) is 1. The minimum atomic E-state index is -0.412. The standard InChI is InChI=1S/C18H14N2O3S/c21-8-7-20-17(22)10-14(18(20)23)19-11-5-6-13-12-3-1-2-4-15(12)24-16(13)9-11/h1-6,9-10,19,21H,7-8H2. The van der Waals surface area contributed by atoms with E-state index in [0.29, 0.717) is 0 Å². The minimum absolute atomic E-state index is 0.00863. The Bertz CT molecular complexity index is 1010.